The van der Waals surface area contributed by atoms with Crippen molar-refractivity contribution in [3.8, 4) is 0 Å². The molecule has 2 aromatic rings. The van der Waals surface area contributed by atoms with Crippen LogP contribution >= 0.6 is 15.9 Å². The number of nitrogens with two attached hydrogens (primary N) is 1. The Bertz CT molecular complexity index is 617. The number of nitrogens with one attached hydrogen (secondary N) is 1. The van der Waals surface area contributed by atoms with Gasteiger partial charge < -0.3 is 11.1 Å². The van der Waals surface area contributed by atoms with E-state index >= 15 is 0 Å². The molecule has 0 saturated heterocycles. The largest absolute Gasteiger partial charge is 0.384 e. The van der Waals surface area contributed by atoms with Gasteiger partial charge >= 0.3 is 0 Å². The summed E-state index contributed by atoms with van der Waals surface area (Å²) in [6.45, 7) is 3.89. The first kappa shape index (κ1) is 13.5. The second-order valence-electron chi connectivity index (χ2n) is 4.32. The van der Waals surface area contributed by atoms with Crippen LogP contribution in [0.2, 0.25) is 0 Å². The molecule has 0 aliphatic heterocycles. The standard InChI is InChI=1S/C14H14BrN3O/c1-8-6-10(15)7-9(2)13(8)18-14(19)11-4-3-5-12(16)17-11/h3-7H,1-2H3,(H2,16,17)(H,18,19). The van der Waals surface area contributed by atoms with Crippen LogP contribution in [0.5, 0.6) is 0 Å². The molecule has 98 valence electrons. The Morgan fingerprint density at radius 2 is 1.89 bits per heavy atom. The second-order valence-corrected chi connectivity index (χ2v) is 5.23. The molecule has 1 amide bonds. The highest BCUT2D eigenvalue weighted by Crippen LogP contribution is 2.25. The van der Waals surface area contributed by atoms with Crippen LogP contribution in [0.25, 0.3) is 0 Å². The van der Waals surface area contributed by atoms with Crippen LogP contribution in [0, 0.1) is 13.8 Å². The van der Waals surface area contributed by atoms with E-state index in [0.717, 1.165) is 21.3 Å². The fourth-order valence-electron chi connectivity index (χ4n) is 1.86. The lowest BCUT2D eigenvalue weighted by molar-refractivity contribution is 0.102. The number of anilines is 2. The molecule has 0 aliphatic rings. The lowest BCUT2D eigenvalue weighted by atomic mass is 10.1. The molecular formula is C14H14BrN3O. The van der Waals surface area contributed by atoms with Crippen LogP contribution < -0.4 is 11.1 Å². The van der Waals surface area contributed by atoms with Crippen molar-refractivity contribution in [3.05, 3.63) is 51.6 Å². The van der Waals surface area contributed by atoms with Crippen LogP contribution in [0.4, 0.5) is 11.5 Å². The Balaban J connectivity index is 2.29. The predicted octanol–water partition coefficient (Wildman–Crippen LogP) is 3.30. The minimum Gasteiger partial charge on any atom is -0.384 e. The Labute approximate surface area is 120 Å². The van der Waals surface area contributed by atoms with Crippen LogP contribution in [-0.2, 0) is 0 Å². The molecule has 19 heavy (non-hydrogen) atoms. The third-order valence-electron chi connectivity index (χ3n) is 2.74. The molecule has 1 heterocycles. The minimum absolute atomic E-state index is 0.263. The zero-order valence-corrected chi connectivity index (χ0v) is 12.3. The summed E-state index contributed by atoms with van der Waals surface area (Å²) in [5, 5.41) is 2.87. The van der Waals surface area contributed by atoms with Gasteiger partial charge in [0.15, 0.2) is 0 Å². The lowest BCUT2D eigenvalue weighted by Gasteiger charge is -2.12. The summed E-state index contributed by atoms with van der Waals surface area (Å²) in [4.78, 5) is 16.1. The van der Waals surface area contributed by atoms with Gasteiger partial charge in [-0.05, 0) is 49.2 Å². The number of aromatic nitrogens is 1. The van der Waals surface area contributed by atoms with Gasteiger partial charge in [0.05, 0.1) is 0 Å². The van der Waals surface area contributed by atoms with E-state index in [4.69, 9.17) is 5.73 Å². The van der Waals surface area contributed by atoms with Gasteiger partial charge in [-0.3, -0.25) is 4.79 Å². The van der Waals surface area contributed by atoms with E-state index in [1.807, 2.05) is 26.0 Å². The number of nitrogens with zero attached hydrogens (tertiary/aromatic N) is 1. The number of halogens is 1. The van der Waals surface area contributed by atoms with Gasteiger partial charge in [0.1, 0.15) is 11.5 Å². The summed E-state index contributed by atoms with van der Waals surface area (Å²) in [6, 6.07) is 8.89. The highest BCUT2D eigenvalue weighted by atomic mass is 79.9. The molecule has 0 aliphatic carbocycles. The predicted molar refractivity (Wildman–Crippen MR) is 80.2 cm³/mol. The van der Waals surface area contributed by atoms with Crippen molar-refractivity contribution < 1.29 is 4.79 Å². The molecule has 0 saturated carbocycles. The van der Waals surface area contributed by atoms with Gasteiger partial charge in [-0.15, -0.1) is 0 Å². The summed E-state index contributed by atoms with van der Waals surface area (Å²) in [5.41, 5.74) is 8.66. The third-order valence-corrected chi connectivity index (χ3v) is 3.20. The molecule has 4 nitrogen and oxygen atoms in total. The van der Waals surface area contributed by atoms with Crippen molar-refractivity contribution in [3.63, 3.8) is 0 Å². The first-order valence-corrected chi connectivity index (χ1v) is 6.57. The first-order chi connectivity index (χ1) is 8.97. The van der Waals surface area contributed by atoms with Crippen molar-refractivity contribution in [2.75, 3.05) is 11.1 Å². The molecule has 1 aromatic carbocycles. The van der Waals surface area contributed by atoms with E-state index in [0.29, 0.717) is 11.5 Å². The molecule has 3 N–H and O–H groups in total. The summed E-state index contributed by atoms with van der Waals surface area (Å²) in [6.07, 6.45) is 0. The van der Waals surface area contributed by atoms with Gasteiger partial charge in [-0.1, -0.05) is 22.0 Å². The molecule has 2 rings (SSSR count). The van der Waals surface area contributed by atoms with Crippen molar-refractivity contribution in [1.82, 2.24) is 4.98 Å². The number of amides is 1. The maximum absolute atomic E-state index is 12.1. The molecule has 0 spiro atoms. The maximum atomic E-state index is 12.1. The number of nitrogen functional groups attached to an aromatic ring is 1. The van der Waals surface area contributed by atoms with E-state index < -0.39 is 0 Å². The minimum atomic E-state index is -0.263. The smallest absolute Gasteiger partial charge is 0.274 e. The van der Waals surface area contributed by atoms with Crippen molar-refractivity contribution in [1.29, 1.82) is 0 Å². The van der Waals surface area contributed by atoms with E-state index in [-0.39, 0.29) is 5.91 Å². The zero-order valence-electron chi connectivity index (χ0n) is 10.7. The zero-order chi connectivity index (χ0) is 14.0. The van der Waals surface area contributed by atoms with E-state index in [9.17, 15) is 4.79 Å². The van der Waals surface area contributed by atoms with Gasteiger partial charge in [0.2, 0.25) is 0 Å². The molecule has 0 atom stereocenters. The number of hydrogen-bond donors (Lipinski definition) is 2. The number of pyridine rings is 1. The molecule has 5 heteroatoms. The number of hydrogen-bond acceptors (Lipinski definition) is 3. The monoisotopic (exact) mass is 319 g/mol. The van der Waals surface area contributed by atoms with Crippen LogP contribution in [0.15, 0.2) is 34.8 Å². The Kier molecular flexibility index (Phi) is 3.85. The number of aryl methyl sites for hydroxylation is 2. The van der Waals surface area contributed by atoms with E-state index in [1.54, 1.807) is 18.2 Å². The lowest BCUT2D eigenvalue weighted by Crippen LogP contribution is -2.15. The van der Waals surface area contributed by atoms with Crippen LogP contribution in [-0.4, -0.2) is 10.9 Å². The number of rotatable bonds is 2. The molecule has 1 aromatic heterocycles. The highest BCUT2D eigenvalue weighted by Gasteiger charge is 2.11. The molecule has 0 bridgehead atoms. The number of carbonyl (C=O) groups excluding carboxylic acids is 1. The van der Waals surface area contributed by atoms with Crippen molar-refractivity contribution >= 4 is 33.3 Å². The summed E-state index contributed by atoms with van der Waals surface area (Å²) in [7, 11) is 0. The van der Waals surface area contributed by atoms with E-state index in [2.05, 4.69) is 26.2 Å². The number of carbonyl (C=O) groups is 1. The number of benzene rings is 1. The third kappa shape index (κ3) is 3.12. The van der Waals surface area contributed by atoms with Crippen molar-refractivity contribution in [2.45, 2.75) is 13.8 Å². The average molecular weight is 320 g/mol. The molecular weight excluding hydrogens is 306 g/mol. The Morgan fingerprint density at radius 1 is 1.26 bits per heavy atom. The Morgan fingerprint density at radius 3 is 2.47 bits per heavy atom. The summed E-state index contributed by atoms with van der Waals surface area (Å²) >= 11 is 3.43. The van der Waals surface area contributed by atoms with Crippen LogP contribution in [0.3, 0.4) is 0 Å². The summed E-state index contributed by atoms with van der Waals surface area (Å²) in [5.74, 6) is 0.0673. The first-order valence-electron chi connectivity index (χ1n) is 5.78. The fourth-order valence-corrected chi connectivity index (χ4v) is 2.55. The van der Waals surface area contributed by atoms with Gasteiger partial charge in [-0.25, -0.2) is 4.98 Å². The second kappa shape index (κ2) is 5.40. The van der Waals surface area contributed by atoms with Crippen molar-refractivity contribution in [2.24, 2.45) is 0 Å². The highest BCUT2D eigenvalue weighted by molar-refractivity contribution is 9.10. The Hall–Kier alpha value is -1.88. The SMILES string of the molecule is Cc1cc(Br)cc(C)c1NC(=O)c1cccc(N)n1. The molecule has 0 unspecified atom stereocenters. The normalized spacial score (nSPS) is 10.3. The quantitative estimate of drug-likeness (QED) is 0.892. The molecule has 0 fully saturated rings. The summed E-state index contributed by atoms with van der Waals surface area (Å²) < 4.78 is 0.988. The van der Waals surface area contributed by atoms with Gasteiger partial charge in [0.25, 0.3) is 5.91 Å². The topological polar surface area (TPSA) is 68.0 Å². The fraction of sp³-hybridized carbons (Fsp3) is 0.143. The maximum Gasteiger partial charge on any atom is 0.274 e. The van der Waals surface area contributed by atoms with E-state index in [1.165, 1.54) is 0 Å². The van der Waals surface area contributed by atoms with Gasteiger partial charge in [0, 0.05) is 10.2 Å². The van der Waals surface area contributed by atoms with Gasteiger partial charge in [-0.2, -0.15) is 0 Å². The average Bonchev–Trinajstić information content (AvgIpc) is 2.33. The van der Waals surface area contributed by atoms with Crippen LogP contribution in [0.1, 0.15) is 21.6 Å². The molecule has 0 radical (unpaired) electrons.